The maximum Gasteiger partial charge on any atom is 0.333 e. The van der Waals surface area contributed by atoms with Gasteiger partial charge in [0.1, 0.15) is 6.10 Å². The summed E-state index contributed by atoms with van der Waals surface area (Å²) in [6, 6.07) is 0. The lowest BCUT2D eigenvalue weighted by Gasteiger charge is -2.25. The van der Waals surface area contributed by atoms with Crippen molar-refractivity contribution in [3.05, 3.63) is 11.6 Å². The minimum absolute atomic E-state index is 0.000741. The van der Waals surface area contributed by atoms with Crippen LogP contribution in [0, 0.1) is 0 Å². The van der Waals surface area contributed by atoms with Crippen molar-refractivity contribution < 1.29 is 14.6 Å². The normalized spacial score (nSPS) is 28.6. The quantitative estimate of drug-likeness (QED) is 0.543. The van der Waals surface area contributed by atoms with Crippen LogP contribution in [0.3, 0.4) is 0 Å². The van der Waals surface area contributed by atoms with Crippen molar-refractivity contribution in [3.8, 4) is 0 Å². The maximum atomic E-state index is 11.4. The van der Waals surface area contributed by atoms with Crippen molar-refractivity contribution in [3.63, 3.8) is 0 Å². The molecule has 0 unspecified atom stereocenters. The molecule has 0 spiro atoms. The largest absolute Gasteiger partial charge is 0.459 e. The van der Waals surface area contributed by atoms with E-state index >= 15 is 0 Å². The van der Waals surface area contributed by atoms with Crippen LogP contribution in [0.5, 0.6) is 0 Å². The van der Waals surface area contributed by atoms with Gasteiger partial charge in [0, 0.05) is 5.57 Å². The van der Waals surface area contributed by atoms with Gasteiger partial charge in [-0.3, -0.25) is 0 Å². The van der Waals surface area contributed by atoms with Crippen LogP contribution in [0.4, 0.5) is 0 Å². The van der Waals surface area contributed by atoms with Gasteiger partial charge < -0.3 is 9.84 Å². The summed E-state index contributed by atoms with van der Waals surface area (Å²) in [5.74, 6) is -0.228. The van der Waals surface area contributed by atoms with Gasteiger partial charge in [-0.15, -0.1) is 0 Å². The molecule has 0 saturated heterocycles. The fraction of sp³-hybridized carbons (Fsp3) is 0.727. The Bertz CT molecular complexity index is 225. The fourth-order valence-electron chi connectivity index (χ4n) is 1.53. The zero-order valence-corrected chi connectivity index (χ0v) is 8.82. The summed E-state index contributed by atoms with van der Waals surface area (Å²) < 4.78 is 5.27. The number of ether oxygens (including phenoxy) is 1. The van der Waals surface area contributed by atoms with Crippen LogP contribution >= 0.6 is 0 Å². The Labute approximate surface area is 84.8 Å². The Morgan fingerprint density at radius 2 is 1.93 bits per heavy atom. The van der Waals surface area contributed by atoms with E-state index in [4.69, 9.17) is 4.74 Å². The van der Waals surface area contributed by atoms with E-state index in [2.05, 4.69) is 0 Å². The number of rotatable bonds is 2. The highest BCUT2D eigenvalue weighted by molar-refractivity contribution is 5.87. The van der Waals surface area contributed by atoms with Gasteiger partial charge in [-0.25, -0.2) is 4.79 Å². The zero-order chi connectivity index (χ0) is 10.6. The molecule has 0 aromatic rings. The molecule has 80 valence electrons. The molecule has 0 amide bonds. The number of aliphatic hydroxyl groups is 1. The number of hydrogen-bond acceptors (Lipinski definition) is 3. The predicted molar refractivity (Wildman–Crippen MR) is 53.8 cm³/mol. The lowest BCUT2D eigenvalue weighted by Crippen LogP contribution is -2.26. The molecule has 0 aliphatic heterocycles. The molecule has 1 N–H and O–H groups in total. The summed E-state index contributed by atoms with van der Waals surface area (Å²) >= 11 is 0. The first-order valence-electron chi connectivity index (χ1n) is 5.15. The molecule has 0 aromatic heterocycles. The highest BCUT2D eigenvalue weighted by atomic mass is 16.5. The van der Waals surface area contributed by atoms with Crippen molar-refractivity contribution in [2.75, 3.05) is 0 Å². The molecule has 1 aliphatic carbocycles. The van der Waals surface area contributed by atoms with Gasteiger partial charge in [0.05, 0.1) is 6.10 Å². The predicted octanol–water partition coefficient (Wildman–Crippen LogP) is 1.80. The van der Waals surface area contributed by atoms with Gasteiger partial charge in [0.2, 0.25) is 0 Å². The van der Waals surface area contributed by atoms with Crippen molar-refractivity contribution >= 4 is 5.97 Å². The van der Waals surface area contributed by atoms with E-state index in [1.54, 1.807) is 13.0 Å². The van der Waals surface area contributed by atoms with E-state index in [1.165, 1.54) is 0 Å². The van der Waals surface area contributed by atoms with E-state index in [0.29, 0.717) is 5.57 Å². The minimum atomic E-state index is -0.228. The van der Waals surface area contributed by atoms with Crippen LogP contribution in [-0.4, -0.2) is 23.3 Å². The Morgan fingerprint density at radius 3 is 2.43 bits per heavy atom. The summed E-state index contributed by atoms with van der Waals surface area (Å²) in [6.07, 6.45) is 4.60. The third-order valence-corrected chi connectivity index (χ3v) is 2.67. The molecule has 0 atom stereocenters. The Morgan fingerprint density at radius 1 is 1.36 bits per heavy atom. The number of allylic oxidation sites excluding steroid dienone is 1. The van der Waals surface area contributed by atoms with E-state index in [0.717, 1.165) is 25.7 Å². The molecule has 3 nitrogen and oxygen atoms in total. The van der Waals surface area contributed by atoms with Gasteiger partial charge in [-0.1, -0.05) is 6.08 Å². The number of aliphatic hydroxyl groups excluding tert-OH is 1. The molecule has 0 bridgehead atoms. The van der Waals surface area contributed by atoms with E-state index in [-0.39, 0.29) is 18.2 Å². The monoisotopic (exact) mass is 198 g/mol. The highest BCUT2D eigenvalue weighted by Crippen LogP contribution is 2.21. The van der Waals surface area contributed by atoms with Crippen LogP contribution in [0.15, 0.2) is 11.6 Å². The minimum Gasteiger partial charge on any atom is -0.459 e. The van der Waals surface area contributed by atoms with Gasteiger partial charge in [0.15, 0.2) is 0 Å². The van der Waals surface area contributed by atoms with Gasteiger partial charge in [0.25, 0.3) is 0 Å². The highest BCUT2D eigenvalue weighted by Gasteiger charge is 2.22. The standard InChI is InChI=1S/C11H18O3/c1-3-8(2)11(13)14-10-6-4-9(12)5-7-10/h3,9-10,12H,4-7H2,1-2H3/t9-,10-. The van der Waals surface area contributed by atoms with Crippen molar-refractivity contribution in [1.29, 1.82) is 0 Å². The molecule has 0 radical (unpaired) electrons. The second-order valence-corrected chi connectivity index (χ2v) is 3.81. The van der Waals surface area contributed by atoms with E-state index in [1.807, 2.05) is 6.92 Å². The Hall–Kier alpha value is -0.830. The third-order valence-electron chi connectivity index (χ3n) is 2.67. The molecule has 1 aliphatic rings. The SMILES string of the molecule is CC=C(C)C(=O)O[C@H]1CC[C@H](O)CC1. The van der Waals surface area contributed by atoms with Crippen LogP contribution < -0.4 is 0 Å². The summed E-state index contributed by atoms with van der Waals surface area (Å²) in [5.41, 5.74) is 0.649. The number of carbonyl (C=O) groups excluding carboxylic acids is 1. The van der Waals surface area contributed by atoms with Crippen molar-refractivity contribution in [2.24, 2.45) is 0 Å². The number of hydrogen-bond donors (Lipinski definition) is 1. The molecular formula is C11H18O3. The molecular weight excluding hydrogens is 180 g/mol. The molecule has 3 heteroatoms. The molecule has 1 rings (SSSR count). The topological polar surface area (TPSA) is 46.5 Å². The van der Waals surface area contributed by atoms with E-state index < -0.39 is 0 Å². The fourth-order valence-corrected chi connectivity index (χ4v) is 1.53. The first-order chi connectivity index (χ1) is 6.63. The summed E-state index contributed by atoms with van der Waals surface area (Å²) in [4.78, 5) is 11.4. The molecule has 0 aromatic carbocycles. The first kappa shape index (κ1) is 11.2. The summed E-state index contributed by atoms with van der Waals surface area (Å²) in [5, 5.41) is 9.26. The molecule has 1 fully saturated rings. The Balaban J connectivity index is 2.35. The van der Waals surface area contributed by atoms with Gasteiger partial charge in [-0.2, -0.15) is 0 Å². The number of esters is 1. The average molecular weight is 198 g/mol. The molecule has 14 heavy (non-hydrogen) atoms. The second kappa shape index (κ2) is 5.15. The molecule has 0 heterocycles. The third kappa shape index (κ3) is 3.14. The molecule has 1 saturated carbocycles. The maximum absolute atomic E-state index is 11.4. The average Bonchev–Trinajstić information content (AvgIpc) is 2.20. The van der Waals surface area contributed by atoms with Crippen molar-refractivity contribution in [2.45, 2.75) is 51.7 Å². The second-order valence-electron chi connectivity index (χ2n) is 3.81. The van der Waals surface area contributed by atoms with Gasteiger partial charge in [-0.05, 0) is 39.5 Å². The van der Waals surface area contributed by atoms with Crippen LogP contribution in [-0.2, 0) is 9.53 Å². The van der Waals surface area contributed by atoms with Crippen LogP contribution in [0.2, 0.25) is 0 Å². The first-order valence-corrected chi connectivity index (χ1v) is 5.15. The summed E-state index contributed by atoms with van der Waals surface area (Å²) in [7, 11) is 0. The Kier molecular flexibility index (Phi) is 4.14. The lowest BCUT2D eigenvalue weighted by molar-refractivity contribution is -0.146. The smallest absolute Gasteiger partial charge is 0.333 e. The van der Waals surface area contributed by atoms with E-state index in [9.17, 15) is 9.90 Å². The summed E-state index contributed by atoms with van der Waals surface area (Å²) in [6.45, 7) is 3.57. The van der Waals surface area contributed by atoms with Gasteiger partial charge >= 0.3 is 5.97 Å². The van der Waals surface area contributed by atoms with Crippen LogP contribution in [0.25, 0.3) is 0 Å². The van der Waals surface area contributed by atoms with Crippen molar-refractivity contribution in [1.82, 2.24) is 0 Å². The number of carbonyl (C=O) groups is 1. The van der Waals surface area contributed by atoms with Crippen LogP contribution in [0.1, 0.15) is 39.5 Å². The zero-order valence-electron chi connectivity index (χ0n) is 8.82. The lowest BCUT2D eigenvalue weighted by atomic mass is 9.95.